The smallest absolute Gasteiger partial charge is 0.298 e. The summed E-state index contributed by atoms with van der Waals surface area (Å²) in [5, 5.41) is 0.105. The lowest BCUT2D eigenvalue weighted by atomic mass is 10.1. The second-order valence-electron chi connectivity index (χ2n) is 5.57. The lowest BCUT2D eigenvalue weighted by Gasteiger charge is -2.12. The van der Waals surface area contributed by atoms with Crippen molar-refractivity contribution in [1.29, 1.82) is 0 Å². The number of amides is 2. The summed E-state index contributed by atoms with van der Waals surface area (Å²) in [4.78, 5) is 26.5. The van der Waals surface area contributed by atoms with Crippen molar-refractivity contribution < 1.29 is 19.1 Å². The number of carbonyl (C=O) groups excluding carboxylic acids is 2. The van der Waals surface area contributed by atoms with Gasteiger partial charge in [0.1, 0.15) is 0 Å². The zero-order valence-corrected chi connectivity index (χ0v) is 16.5. The van der Waals surface area contributed by atoms with Gasteiger partial charge in [-0.3, -0.25) is 9.59 Å². The summed E-state index contributed by atoms with van der Waals surface area (Å²) in [5.74, 6) is 0.866. The third-order valence-electron chi connectivity index (χ3n) is 3.73. The molecule has 1 aliphatic rings. The predicted octanol–water partition coefficient (Wildman–Crippen LogP) is 5.38. The van der Waals surface area contributed by atoms with Crippen LogP contribution < -0.4 is 14.4 Å². The van der Waals surface area contributed by atoms with Gasteiger partial charge in [0.25, 0.3) is 11.1 Å². The summed E-state index contributed by atoms with van der Waals surface area (Å²) in [5.41, 5.74) is 1.20. The molecule has 5 nitrogen and oxygen atoms in total. The number of carbonyl (C=O) groups is 2. The molecule has 140 valence electrons. The molecule has 0 atom stereocenters. The van der Waals surface area contributed by atoms with Crippen molar-refractivity contribution in [3.8, 4) is 11.5 Å². The maximum absolute atomic E-state index is 12.7. The van der Waals surface area contributed by atoms with Crippen molar-refractivity contribution in [2.24, 2.45) is 0 Å². The van der Waals surface area contributed by atoms with Gasteiger partial charge in [0, 0.05) is 5.02 Å². The van der Waals surface area contributed by atoms with Crippen LogP contribution in [-0.4, -0.2) is 24.4 Å². The standard InChI is InChI=1S/C20H18ClNO4S/c1-3-25-16-9-8-13(10-17(16)26-4-2)11-18-19(23)22(20(24)27-18)15-7-5-6-14(21)12-15/h5-12H,3-4H2,1-2H3. The van der Waals surface area contributed by atoms with Gasteiger partial charge in [0.2, 0.25) is 0 Å². The molecule has 0 bridgehead atoms. The Balaban J connectivity index is 1.90. The lowest BCUT2D eigenvalue weighted by molar-refractivity contribution is -0.113. The molecule has 2 amide bonds. The van der Waals surface area contributed by atoms with E-state index in [2.05, 4.69) is 0 Å². The average Bonchev–Trinajstić information content (AvgIpc) is 2.91. The summed E-state index contributed by atoms with van der Waals surface area (Å²) >= 11 is 6.87. The number of halogens is 1. The SMILES string of the molecule is CCOc1ccc(C=C2SC(=O)N(c3cccc(Cl)c3)C2=O)cc1OCC. The van der Waals surface area contributed by atoms with E-state index in [0.29, 0.717) is 40.3 Å². The van der Waals surface area contributed by atoms with E-state index in [1.165, 1.54) is 0 Å². The topological polar surface area (TPSA) is 55.8 Å². The summed E-state index contributed by atoms with van der Waals surface area (Å²) in [6.07, 6.45) is 1.67. The molecule has 27 heavy (non-hydrogen) atoms. The summed E-state index contributed by atoms with van der Waals surface area (Å²) in [6.45, 7) is 4.81. The molecule has 1 aliphatic heterocycles. The monoisotopic (exact) mass is 403 g/mol. The maximum Gasteiger partial charge on any atom is 0.298 e. The molecular formula is C20H18ClNO4S. The Morgan fingerprint density at radius 3 is 2.48 bits per heavy atom. The van der Waals surface area contributed by atoms with E-state index in [9.17, 15) is 9.59 Å². The number of benzene rings is 2. The van der Waals surface area contributed by atoms with E-state index in [1.54, 1.807) is 42.5 Å². The van der Waals surface area contributed by atoms with Gasteiger partial charge in [-0.2, -0.15) is 0 Å². The van der Waals surface area contributed by atoms with E-state index in [0.717, 1.165) is 22.2 Å². The first kappa shape index (κ1) is 19.3. The third kappa shape index (κ3) is 4.28. The number of nitrogens with zero attached hydrogens (tertiary/aromatic N) is 1. The fourth-order valence-corrected chi connectivity index (χ4v) is 3.64. The number of rotatable bonds is 6. The lowest BCUT2D eigenvalue weighted by Crippen LogP contribution is -2.27. The second kappa shape index (κ2) is 8.50. The van der Waals surface area contributed by atoms with Crippen molar-refractivity contribution >= 4 is 46.3 Å². The molecular weight excluding hydrogens is 386 g/mol. The van der Waals surface area contributed by atoms with Gasteiger partial charge in [0.05, 0.1) is 23.8 Å². The van der Waals surface area contributed by atoms with Crippen molar-refractivity contribution in [2.75, 3.05) is 18.1 Å². The summed E-state index contributed by atoms with van der Waals surface area (Å²) in [7, 11) is 0. The van der Waals surface area contributed by atoms with Crippen LogP contribution in [0.5, 0.6) is 11.5 Å². The van der Waals surface area contributed by atoms with Crippen LogP contribution in [0.1, 0.15) is 19.4 Å². The fraction of sp³-hybridized carbons (Fsp3) is 0.200. The molecule has 0 N–H and O–H groups in total. The minimum atomic E-state index is -0.376. The molecule has 0 spiro atoms. The minimum absolute atomic E-state index is 0.339. The van der Waals surface area contributed by atoms with E-state index in [1.807, 2.05) is 19.9 Å². The molecule has 1 fully saturated rings. The highest BCUT2D eigenvalue weighted by molar-refractivity contribution is 8.19. The van der Waals surface area contributed by atoms with Crippen LogP contribution >= 0.6 is 23.4 Å². The molecule has 0 aliphatic carbocycles. The first-order valence-corrected chi connectivity index (χ1v) is 9.66. The molecule has 0 saturated carbocycles. The number of imide groups is 1. The van der Waals surface area contributed by atoms with Gasteiger partial charge in [0.15, 0.2) is 11.5 Å². The molecule has 1 saturated heterocycles. The molecule has 0 aromatic heterocycles. The van der Waals surface area contributed by atoms with Gasteiger partial charge in [-0.15, -0.1) is 0 Å². The van der Waals surface area contributed by atoms with E-state index < -0.39 is 0 Å². The molecule has 2 aromatic rings. The molecule has 0 unspecified atom stereocenters. The average molecular weight is 404 g/mol. The maximum atomic E-state index is 12.7. The van der Waals surface area contributed by atoms with Gasteiger partial charge in [-0.1, -0.05) is 23.7 Å². The normalized spacial score (nSPS) is 15.5. The zero-order chi connectivity index (χ0) is 19.4. The molecule has 0 radical (unpaired) electrons. The van der Waals surface area contributed by atoms with Crippen molar-refractivity contribution in [2.45, 2.75) is 13.8 Å². The summed E-state index contributed by atoms with van der Waals surface area (Å²) in [6, 6.07) is 12.1. The van der Waals surface area contributed by atoms with Gasteiger partial charge in [-0.05, 0) is 67.6 Å². The van der Waals surface area contributed by atoms with Crippen LogP contribution in [0.15, 0.2) is 47.4 Å². The Labute approximate surface area is 166 Å². The van der Waals surface area contributed by atoms with E-state index in [-0.39, 0.29) is 11.1 Å². The Kier molecular flexibility index (Phi) is 6.08. The third-order valence-corrected chi connectivity index (χ3v) is 4.83. The van der Waals surface area contributed by atoms with Crippen molar-refractivity contribution in [1.82, 2.24) is 0 Å². The zero-order valence-electron chi connectivity index (χ0n) is 14.9. The highest BCUT2D eigenvalue weighted by Crippen LogP contribution is 2.37. The molecule has 2 aromatic carbocycles. The van der Waals surface area contributed by atoms with Gasteiger partial charge >= 0.3 is 0 Å². The number of ether oxygens (including phenoxy) is 2. The first-order chi connectivity index (χ1) is 13.0. The van der Waals surface area contributed by atoms with Crippen molar-refractivity contribution in [3.05, 3.63) is 58.0 Å². The number of hydrogen-bond donors (Lipinski definition) is 0. The summed E-state index contributed by atoms with van der Waals surface area (Å²) < 4.78 is 11.2. The molecule has 7 heteroatoms. The molecule has 3 rings (SSSR count). The Morgan fingerprint density at radius 2 is 1.78 bits per heavy atom. The Bertz CT molecular complexity index is 913. The van der Waals surface area contributed by atoms with Gasteiger partial charge < -0.3 is 9.47 Å². The van der Waals surface area contributed by atoms with Crippen LogP contribution in [0.25, 0.3) is 6.08 Å². The highest BCUT2D eigenvalue weighted by Gasteiger charge is 2.36. The van der Waals surface area contributed by atoms with Crippen LogP contribution in [-0.2, 0) is 4.79 Å². The molecule has 1 heterocycles. The Morgan fingerprint density at radius 1 is 1.04 bits per heavy atom. The second-order valence-corrected chi connectivity index (χ2v) is 7.00. The minimum Gasteiger partial charge on any atom is -0.490 e. The Hall–Kier alpha value is -2.44. The predicted molar refractivity (Wildman–Crippen MR) is 109 cm³/mol. The number of thioether (sulfide) groups is 1. The van der Waals surface area contributed by atoms with E-state index in [4.69, 9.17) is 21.1 Å². The fourth-order valence-electron chi connectivity index (χ4n) is 2.61. The van der Waals surface area contributed by atoms with Crippen LogP contribution in [0.3, 0.4) is 0 Å². The first-order valence-electron chi connectivity index (χ1n) is 8.46. The van der Waals surface area contributed by atoms with Gasteiger partial charge in [-0.25, -0.2) is 4.90 Å². The van der Waals surface area contributed by atoms with Crippen molar-refractivity contribution in [3.63, 3.8) is 0 Å². The quantitative estimate of drug-likeness (QED) is 0.606. The van der Waals surface area contributed by atoms with Crippen LogP contribution in [0.2, 0.25) is 5.02 Å². The number of hydrogen-bond acceptors (Lipinski definition) is 5. The number of anilines is 1. The van der Waals surface area contributed by atoms with Crippen LogP contribution in [0.4, 0.5) is 10.5 Å². The van der Waals surface area contributed by atoms with Crippen LogP contribution in [0, 0.1) is 0 Å². The highest BCUT2D eigenvalue weighted by atomic mass is 35.5. The van der Waals surface area contributed by atoms with E-state index >= 15 is 0 Å². The largest absolute Gasteiger partial charge is 0.490 e.